The van der Waals surface area contributed by atoms with Gasteiger partial charge >= 0.3 is 7.82 Å². The molecule has 0 saturated heterocycles. The lowest BCUT2D eigenvalue weighted by Crippen LogP contribution is -2.11. The maximum Gasteiger partial charge on any atom is 0.647 e. The van der Waals surface area contributed by atoms with Crippen LogP contribution in [0, 0.1) is 0 Å². The minimum Gasteiger partial charge on any atom is -0.386 e. The first-order valence-electron chi connectivity index (χ1n) is 8.74. The summed E-state index contributed by atoms with van der Waals surface area (Å²) in [4.78, 5) is 0. The van der Waals surface area contributed by atoms with E-state index in [-0.39, 0.29) is 15.3 Å². The van der Waals surface area contributed by atoms with Gasteiger partial charge in [0.1, 0.15) is 17.2 Å². The Balaban J connectivity index is 0.00000280. The predicted molar refractivity (Wildman–Crippen MR) is 119 cm³/mol. The summed E-state index contributed by atoms with van der Waals surface area (Å²) in [5.41, 5.74) is 1.17. The van der Waals surface area contributed by atoms with E-state index in [1.807, 2.05) is 24.3 Å². The summed E-state index contributed by atoms with van der Waals surface area (Å²) in [6, 6.07) is 25.1. The Morgan fingerprint density at radius 2 is 0.964 bits per heavy atom. The van der Waals surface area contributed by atoms with E-state index in [2.05, 4.69) is 20.8 Å². The van der Waals surface area contributed by atoms with Crippen LogP contribution in [0.5, 0.6) is 17.2 Å². The van der Waals surface area contributed by atoms with Crippen molar-refractivity contribution < 1.29 is 18.1 Å². The maximum atomic E-state index is 13.3. The third-order valence-corrected chi connectivity index (χ3v) is 5.16. The van der Waals surface area contributed by atoms with Gasteiger partial charge in [-0.25, -0.2) is 0 Å². The lowest BCUT2D eigenvalue weighted by molar-refractivity contribution is 0.298. The third-order valence-electron chi connectivity index (χ3n) is 3.86. The monoisotopic (exact) mass is 416 g/mol. The number of para-hydroxylation sites is 2. The molecule has 0 bridgehead atoms. The summed E-state index contributed by atoms with van der Waals surface area (Å²) in [5.74, 6) is 1.23. The summed E-state index contributed by atoms with van der Waals surface area (Å²) in [7, 11) is -3.94. The number of phosphoric acid groups is 1. The predicted octanol–water partition coefficient (Wildman–Crippen LogP) is 6.69. The van der Waals surface area contributed by atoms with Crippen LogP contribution in [0.4, 0.5) is 0 Å². The van der Waals surface area contributed by atoms with Crippen molar-refractivity contribution in [2.24, 2.45) is 0 Å². The summed E-state index contributed by atoms with van der Waals surface area (Å²) in [6.45, 7) is 6.39. The summed E-state index contributed by atoms with van der Waals surface area (Å²) >= 11 is 0. The minimum absolute atomic E-state index is 0. The number of hydrogen-bond acceptors (Lipinski definition) is 4. The fraction of sp³-hybridized carbons (Fsp3) is 0.182. The van der Waals surface area contributed by atoms with Crippen LogP contribution in [-0.4, -0.2) is 0 Å². The average Bonchev–Trinajstić information content (AvgIpc) is 2.63. The molecule has 3 aromatic rings. The van der Waals surface area contributed by atoms with Crippen molar-refractivity contribution in [2.75, 3.05) is 0 Å². The fourth-order valence-corrected chi connectivity index (χ4v) is 3.67. The molecule has 0 aliphatic heterocycles. The summed E-state index contributed by atoms with van der Waals surface area (Å²) in [6.07, 6.45) is 0. The normalized spacial score (nSPS) is 11.2. The van der Waals surface area contributed by atoms with Gasteiger partial charge in [-0.2, -0.15) is 14.5 Å². The number of hydrogen-bond donors (Lipinski definition) is 0. The van der Waals surface area contributed by atoms with Gasteiger partial charge in [0.25, 0.3) is 0 Å². The van der Waals surface area contributed by atoms with Crippen LogP contribution in [0.1, 0.15) is 26.3 Å². The first-order chi connectivity index (χ1) is 12.8. The van der Waals surface area contributed by atoms with Crippen LogP contribution < -0.4 is 13.6 Å². The van der Waals surface area contributed by atoms with E-state index in [0.717, 1.165) is 5.56 Å². The Hall–Kier alpha value is -2.28. The van der Waals surface area contributed by atoms with Gasteiger partial charge < -0.3 is 13.6 Å². The fourth-order valence-electron chi connectivity index (χ4n) is 2.42. The van der Waals surface area contributed by atoms with Gasteiger partial charge in [0.2, 0.25) is 0 Å². The van der Waals surface area contributed by atoms with Gasteiger partial charge in [0.05, 0.1) is 0 Å². The maximum absolute atomic E-state index is 13.3. The van der Waals surface area contributed by atoms with Gasteiger partial charge in [-0.1, -0.05) is 69.3 Å². The van der Waals surface area contributed by atoms with Crippen LogP contribution >= 0.6 is 17.7 Å². The Morgan fingerprint density at radius 1 is 0.607 bits per heavy atom. The van der Waals surface area contributed by atoms with Crippen LogP contribution in [0.3, 0.4) is 0 Å². The van der Waals surface area contributed by atoms with Crippen molar-refractivity contribution in [3.05, 3.63) is 90.5 Å². The van der Waals surface area contributed by atoms with E-state index in [9.17, 15) is 4.57 Å². The van der Waals surface area contributed by atoms with Crippen LogP contribution in [0.15, 0.2) is 84.9 Å². The van der Waals surface area contributed by atoms with Crippen molar-refractivity contribution in [3.63, 3.8) is 0 Å². The Morgan fingerprint density at radius 3 is 1.32 bits per heavy atom. The first kappa shape index (κ1) is 22.0. The average molecular weight is 416 g/mol. The summed E-state index contributed by atoms with van der Waals surface area (Å²) in [5, 5.41) is 0. The molecule has 0 aliphatic rings. The third kappa shape index (κ3) is 6.12. The number of benzene rings is 3. The molecular weight excluding hydrogens is 390 g/mol. The molecule has 0 radical (unpaired) electrons. The van der Waals surface area contributed by atoms with Gasteiger partial charge in [0.15, 0.2) is 0 Å². The largest absolute Gasteiger partial charge is 0.647 e. The molecule has 0 heterocycles. The molecule has 1 unspecified atom stereocenters. The molecule has 3 rings (SSSR count). The summed E-state index contributed by atoms with van der Waals surface area (Å²) < 4.78 is 30.3. The molecule has 0 N–H and O–H groups in total. The second-order valence-corrected chi connectivity index (χ2v) is 8.56. The van der Waals surface area contributed by atoms with Crippen molar-refractivity contribution in [1.82, 2.24) is 0 Å². The molecule has 0 aromatic heterocycles. The molecule has 0 saturated carbocycles. The second kappa shape index (κ2) is 9.28. The molecule has 4 nitrogen and oxygen atoms in total. The molecule has 1 atom stereocenters. The number of rotatable bonds is 6. The highest BCUT2D eigenvalue weighted by molar-refractivity contribution is 7.49. The van der Waals surface area contributed by atoms with E-state index in [0.29, 0.717) is 17.2 Å². The Bertz CT molecular complexity index is 859. The van der Waals surface area contributed by atoms with Crippen LogP contribution in [-0.2, 0) is 9.98 Å². The van der Waals surface area contributed by atoms with Gasteiger partial charge in [-0.3, -0.25) is 0 Å². The topological polar surface area (TPSA) is 44.8 Å². The van der Waals surface area contributed by atoms with Crippen LogP contribution in [0.25, 0.3) is 0 Å². The minimum atomic E-state index is -3.94. The smallest absolute Gasteiger partial charge is 0.386 e. The highest BCUT2D eigenvalue weighted by Gasteiger charge is 2.33. The van der Waals surface area contributed by atoms with Gasteiger partial charge in [0, 0.05) is 0 Å². The highest BCUT2D eigenvalue weighted by Crippen LogP contribution is 2.49. The zero-order chi connectivity index (χ0) is 19.3. The van der Waals surface area contributed by atoms with Crippen molar-refractivity contribution in [3.8, 4) is 17.2 Å². The van der Waals surface area contributed by atoms with Crippen molar-refractivity contribution >= 4 is 17.7 Å². The zero-order valence-corrected chi connectivity index (χ0v) is 18.7. The first-order valence-corrected chi connectivity index (χ1v) is 10.2. The van der Waals surface area contributed by atoms with E-state index in [1.54, 1.807) is 60.7 Å². The molecule has 6 heteroatoms. The van der Waals surface area contributed by atoms with E-state index < -0.39 is 7.82 Å². The molecule has 148 valence electrons. The van der Waals surface area contributed by atoms with E-state index >= 15 is 0 Å². The Labute approximate surface area is 170 Å². The molecule has 0 spiro atoms. The Kier molecular flexibility index (Phi) is 7.29. The molecule has 0 amide bonds. The quantitative estimate of drug-likeness (QED) is 0.420. The standard InChI is InChI=1S/C22H23O4P.H3P/c1-22(2,3)18-14-16-21(17-15-18)26-27(23,24-19-10-6-4-7-11-19)25-20-12-8-5-9-13-20;/h4-17H,1-3H3;1H3. The van der Waals surface area contributed by atoms with Gasteiger partial charge in [-0.05, 0) is 47.4 Å². The van der Waals surface area contributed by atoms with Gasteiger partial charge in [-0.15, -0.1) is 0 Å². The van der Waals surface area contributed by atoms with E-state index in [4.69, 9.17) is 13.6 Å². The SMILES string of the molecule is CC(C)(C)c1ccc(OP(=O)(Oc2ccccc2)Oc2ccccc2)cc1.P. The lowest BCUT2D eigenvalue weighted by atomic mass is 9.87. The molecule has 28 heavy (non-hydrogen) atoms. The van der Waals surface area contributed by atoms with Crippen molar-refractivity contribution in [1.29, 1.82) is 0 Å². The van der Waals surface area contributed by atoms with Crippen LogP contribution in [0.2, 0.25) is 0 Å². The number of phosphoric ester groups is 1. The van der Waals surface area contributed by atoms with E-state index in [1.165, 1.54) is 0 Å². The molecule has 3 aromatic carbocycles. The lowest BCUT2D eigenvalue weighted by Gasteiger charge is -2.21. The molecule has 0 fully saturated rings. The molecular formula is C22H26O4P2. The zero-order valence-electron chi connectivity index (χ0n) is 16.4. The molecule has 0 aliphatic carbocycles. The second-order valence-electron chi connectivity index (χ2n) is 7.12. The highest BCUT2D eigenvalue weighted by atomic mass is 31.2. The van der Waals surface area contributed by atoms with Crippen molar-refractivity contribution in [2.45, 2.75) is 26.2 Å².